The molecular formula is C18H23NO4S. The number of hydrogen-bond acceptors (Lipinski definition) is 4. The summed E-state index contributed by atoms with van der Waals surface area (Å²) in [6.45, 7) is 0. The first kappa shape index (κ1) is 17.1. The summed E-state index contributed by atoms with van der Waals surface area (Å²) in [4.78, 5) is 24.9. The molecule has 1 aliphatic heterocycles. The molecule has 3 rings (SSSR count). The van der Waals surface area contributed by atoms with Crippen LogP contribution in [-0.2, 0) is 14.6 Å². The molecule has 6 heteroatoms. The highest BCUT2D eigenvalue weighted by Crippen LogP contribution is 2.30. The van der Waals surface area contributed by atoms with E-state index < -0.39 is 9.84 Å². The number of Topliss-reactive ketones (excluding diaryl/α,β-unsaturated/α-hetero) is 1. The molecule has 0 bridgehead atoms. The lowest BCUT2D eigenvalue weighted by molar-refractivity contribution is -0.116. The Morgan fingerprint density at radius 1 is 1.08 bits per heavy atom. The standard InChI is InChI=1S/C18H23NO4S/c20-17(11-13-9-10-24(22,23)12-13)19-16-8-4-3-7-15(16)18(21)14-5-1-2-6-14/h3-4,7-8,13-14H,1-2,5-6,9-12H2,(H,19,20). The van der Waals surface area contributed by atoms with Crippen LogP contribution in [0.1, 0.15) is 48.9 Å². The van der Waals surface area contributed by atoms with Gasteiger partial charge in [0.25, 0.3) is 0 Å². The van der Waals surface area contributed by atoms with Gasteiger partial charge in [-0.3, -0.25) is 9.59 Å². The van der Waals surface area contributed by atoms with Crippen molar-refractivity contribution in [3.8, 4) is 0 Å². The first-order valence-corrected chi connectivity index (χ1v) is 10.4. The number of amides is 1. The van der Waals surface area contributed by atoms with Gasteiger partial charge in [0, 0.05) is 17.9 Å². The van der Waals surface area contributed by atoms with E-state index in [1.165, 1.54) is 0 Å². The minimum Gasteiger partial charge on any atom is -0.325 e. The molecule has 5 nitrogen and oxygen atoms in total. The Hall–Kier alpha value is -1.69. The van der Waals surface area contributed by atoms with Crippen molar-refractivity contribution < 1.29 is 18.0 Å². The van der Waals surface area contributed by atoms with Crippen LogP contribution in [0.3, 0.4) is 0 Å². The van der Waals surface area contributed by atoms with Crippen molar-refractivity contribution in [2.45, 2.75) is 38.5 Å². The predicted octanol–water partition coefficient (Wildman–Crippen LogP) is 2.82. The lowest BCUT2D eigenvalue weighted by atomic mass is 9.95. The Bertz CT molecular complexity index is 735. The molecule has 1 atom stereocenters. The molecular weight excluding hydrogens is 326 g/mol. The van der Waals surface area contributed by atoms with E-state index in [4.69, 9.17) is 0 Å². The highest BCUT2D eigenvalue weighted by Gasteiger charge is 2.30. The normalized spacial score (nSPS) is 23.2. The molecule has 1 saturated carbocycles. The van der Waals surface area contributed by atoms with Gasteiger partial charge in [0.05, 0.1) is 17.2 Å². The number of rotatable bonds is 5. The van der Waals surface area contributed by atoms with Crippen LogP contribution < -0.4 is 5.32 Å². The minimum absolute atomic E-state index is 0.0584. The van der Waals surface area contributed by atoms with Gasteiger partial charge in [-0.05, 0) is 37.3 Å². The van der Waals surface area contributed by atoms with Crippen LogP contribution in [0.2, 0.25) is 0 Å². The van der Waals surface area contributed by atoms with Gasteiger partial charge in [0.15, 0.2) is 15.6 Å². The van der Waals surface area contributed by atoms with E-state index >= 15 is 0 Å². The lowest BCUT2D eigenvalue weighted by Crippen LogP contribution is -2.20. The van der Waals surface area contributed by atoms with Crippen LogP contribution in [-0.4, -0.2) is 31.6 Å². The molecule has 1 saturated heterocycles. The molecule has 0 aromatic heterocycles. The van der Waals surface area contributed by atoms with Crippen LogP contribution in [0.15, 0.2) is 24.3 Å². The maximum atomic E-state index is 12.6. The van der Waals surface area contributed by atoms with E-state index in [1.807, 2.05) is 0 Å². The van der Waals surface area contributed by atoms with Crippen LogP contribution in [0.25, 0.3) is 0 Å². The average molecular weight is 349 g/mol. The van der Waals surface area contributed by atoms with Gasteiger partial charge < -0.3 is 5.32 Å². The van der Waals surface area contributed by atoms with Crippen LogP contribution in [0.4, 0.5) is 5.69 Å². The number of carbonyl (C=O) groups is 2. The third kappa shape index (κ3) is 4.04. The van der Waals surface area contributed by atoms with Gasteiger partial charge in [-0.2, -0.15) is 0 Å². The molecule has 1 aromatic rings. The summed E-state index contributed by atoms with van der Waals surface area (Å²) in [6.07, 6.45) is 4.73. The quantitative estimate of drug-likeness (QED) is 0.829. The van der Waals surface area contributed by atoms with Crippen molar-refractivity contribution in [3.05, 3.63) is 29.8 Å². The monoisotopic (exact) mass is 349 g/mol. The Morgan fingerprint density at radius 3 is 2.46 bits per heavy atom. The minimum atomic E-state index is -2.98. The Balaban J connectivity index is 1.66. The summed E-state index contributed by atoms with van der Waals surface area (Å²) in [5.74, 6) is 0.0800. The SMILES string of the molecule is O=C(CC1CCS(=O)(=O)C1)Nc1ccccc1C(=O)C1CCCC1. The van der Waals surface area contributed by atoms with E-state index in [9.17, 15) is 18.0 Å². The maximum Gasteiger partial charge on any atom is 0.224 e. The number of hydrogen-bond donors (Lipinski definition) is 1. The zero-order valence-electron chi connectivity index (χ0n) is 13.7. The van der Waals surface area contributed by atoms with E-state index in [2.05, 4.69) is 5.32 Å². The predicted molar refractivity (Wildman–Crippen MR) is 92.7 cm³/mol. The molecule has 2 aliphatic rings. The first-order chi connectivity index (χ1) is 11.4. The first-order valence-electron chi connectivity index (χ1n) is 8.58. The second-order valence-electron chi connectivity index (χ2n) is 6.91. The van der Waals surface area contributed by atoms with E-state index in [-0.39, 0.29) is 41.5 Å². The largest absolute Gasteiger partial charge is 0.325 e. The van der Waals surface area contributed by atoms with Crippen LogP contribution in [0, 0.1) is 11.8 Å². The summed E-state index contributed by atoms with van der Waals surface area (Å²) < 4.78 is 23.0. The van der Waals surface area contributed by atoms with Crippen molar-refractivity contribution in [2.75, 3.05) is 16.8 Å². The number of carbonyl (C=O) groups excluding carboxylic acids is 2. The molecule has 1 aromatic carbocycles. The summed E-state index contributed by atoms with van der Waals surface area (Å²) in [7, 11) is -2.98. The molecule has 1 aliphatic carbocycles. The summed E-state index contributed by atoms with van der Waals surface area (Å²) in [5, 5.41) is 2.81. The van der Waals surface area contributed by atoms with Crippen molar-refractivity contribution in [1.29, 1.82) is 0 Å². The fourth-order valence-electron chi connectivity index (χ4n) is 3.71. The molecule has 0 radical (unpaired) electrons. The molecule has 1 amide bonds. The van der Waals surface area contributed by atoms with E-state index in [1.54, 1.807) is 24.3 Å². The second-order valence-corrected chi connectivity index (χ2v) is 9.14. The van der Waals surface area contributed by atoms with Gasteiger partial charge in [0.1, 0.15) is 0 Å². The molecule has 2 fully saturated rings. The van der Waals surface area contributed by atoms with Gasteiger partial charge in [-0.15, -0.1) is 0 Å². The number of nitrogens with one attached hydrogen (secondary N) is 1. The zero-order valence-corrected chi connectivity index (χ0v) is 14.5. The van der Waals surface area contributed by atoms with Crippen molar-refractivity contribution in [2.24, 2.45) is 11.8 Å². The average Bonchev–Trinajstić information content (AvgIpc) is 3.17. The second kappa shape index (κ2) is 7.05. The third-order valence-corrected chi connectivity index (χ3v) is 6.83. The van der Waals surface area contributed by atoms with Crippen molar-refractivity contribution in [1.82, 2.24) is 0 Å². The molecule has 130 valence electrons. The number of ketones is 1. The lowest BCUT2D eigenvalue weighted by Gasteiger charge is -2.14. The third-order valence-electron chi connectivity index (χ3n) is 4.99. The van der Waals surface area contributed by atoms with Crippen LogP contribution in [0.5, 0.6) is 0 Å². The Kier molecular flexibility index (Phi) is 5.04. The fraction of sp³-hybridized carbons (Fsp3) is 0.556. The zero-order chi connectivity index (χ0) is 17.2. The number of sulfone groups is 1. The van der Waals surface area contributed by atoms with Gasteiger partial charge in [-0.1, -0.05) is 25.0 Å². The smallest absolute Gasteiger partial charge is 0.224 e. The topological polar surface area (TPSA) is 80.3 Å². The van der Waals surface area contributed by atoms with Crippen LogP contribution >= 0.6 is 0 Å². The highest BCUT2D eigenvalue weighted by molar-refractivity contribution is 7.91. The van der Waals surface area contributed by atoms with Gasteiger partial charge in [0.2, 0.25) is 5.91 Å². The summed E-state index contributed by atoms with van der Waals surface area (Å²) >= 11 is 0. The number of anilines is 1. The van der Waals surface area contributed by atoms with Crippen molar-refractivity contribution >= 4 is 27.2 Å². The summed E-state index contributed by atoms with van der Waals surface area (Å²) in [6, 6.07) is 7.10. The van der Waals surface area contributed by atoms with Gasteiger partial charge >= 0.3 is 0 Å². The molecule has 0 spiro atoms. The highest BCUT2D eigenvalue weighted by atomic mass is 32.2. The van der Waals surface area contributed by atoms with Gasteiger partial charge in [-0.25, -0.2) is 8.42 Å². The fourth-order valence-corrected chi connectivity index (χ4v) is 5.57. The molecule has 1 heterocycles. The summed E-state index contributed by atoms with van der Waals surface area (Å²) in [5.41, 5.74) is 1.11. The van der Waals surface area contributed by atoms with E-state index in [0.29, 0.717) is 17.7 Å². The molecule has 24 heavy (non-hydrogen) atoms. The molecule has 1 unspecified atom stereocenters. The van der Waals surface area contributed by atoms with E-state index in [0.717, 1.165) is 25.7 Å². The maximum absolute atomic E-state index is 12.6. The van der Waals surface area contributed by atoms with Crippen molar-refractivity contribution in [3.63, 3.8) is 0 Å². The molecule has 1 N–H and O–H groups in total. The Labute approximate surface area is 142 Å². The number of para-hydroxylation sites is 1. The Morgan fingerprint density at radius 2 is 1.79 bits per heavy atom. The number of benzene rings is 1.